The standard InChI is InChI=1S/C15H14N4O2/c1-9(11-6-4-3-5-7-11)19-14-13(18-15(19)21)16-8-12(17-14)10(2)20/h3-9H,1-2H3,(H,16,18,21)/t9-/m0/s1. The highest BCUT2D eigenvalue weighted by atomic mass is 16.1. The lowest BCUT2D eigenvalue weighted by Gasteiger charge is -2.13. The summed E-state index contributed by atoms with van der Waals surface area (Å²) < 4.78 is 1.52. The van der Waals surface area contributed by atoms with Gasteiger partial charge in [-0.1, -0.05) is 30.3 Å². The first kappa shape index (κ1) is 13.2. The van der Waals surface area contributed by atoms with Crippen molar-refractivity contribution in [2.45, 2.75) is 19.9 Å². The first-order valence-corrected chi connectivity index (χ1v) is 6.61. The van der Waals surface area contributed by atoms with Crippen molar-refractivity contribution in [3.05, 3.63) is 58.3 Å². The van der Waals surface area contributed by atoms with Gasteiger partial charge in [-0.2, -0.15) is 0 Å². The molecule has 1 N–H and O–H groups in total. The number of nitrogens with one attached hydrogen (secondary N) is 1. The molecule has 6 heteroatoms. The average Bonchev–Trinajstić information content (AvgIpc) is 2.82. The number of Topliss-reactive ketones (excluding diaryl/α,β-unsaturated/α-hetero) is 1. The van der Waals surface area contributed by atoms with Crippen LogP contribution in [-0.2, 0) is 0 Å². The van der Waals surface area contributed by atoms with Gasteiger partial charge in [0.15, 0.2) is 17.1 Å². The topological polar surface area (TPSA) is 80.6 Å². The third kappa shape index (κ3) is 2.24. The largest absolute Gasteiger partial charge is 0.329 e. The third-order valence-electron chi connectivity index (χ3n) is 3.46. The van der Waals surface area contributed by atoms with E-state index in [-0.39, 0.29) is 23.2 Å². The van der Waals surface area contributed by atoms with E-state index in [1.54, 1.807) is 0 Å². The highest BCUT2D eigenvalue weighted by Crippen LogP contribution is 2.19. The molecule has 0 bridgehead atoms. The molecule has 3 rings (SSSR count). The summed E-state index contributed by atoms with van der Waals surface area (Å²) in [6.45, 7) is 3.33. The fourth-order valence-electron chi connectivity index (χ4n) is 2.30. The SMILES string of the molecule is CC(=O)c1cnc2[nH]c(=O)n([C@@H](C)c3ccccc3)c2n1. The summed E-state index contributed by atoms with van der Waals surface area (Å²) in [4.78, 5) is 34.7. The fourth-order valence-corrected chi connectivity index (χ4v) is 2.30. The van der Waals surface area contributed by atoms with Crippen LogP contribution in [0.3, 0.4) is 0 Å². The van der Waals surface area contributed by atoms with E-state index in [1.165, 1.54) is 17.7 Å². The summed E-state index contributed by atoms with van der Waals surface area (Å²) in [5, 5.41) is 0. The minimum Gasteiger partial charge on any atom is -0.293 e. The number of H-pyrrole nitrogens is 1. The van der Waals surface area contributed by atoms with Crippen molar-refractivity contribution in [3.8, 4) is 0 Å². The van der Waals surface area contributed by atoms with E-state index >= 15 is 0 Å². The summed E-state index contributed by atoms with van der Waals surface area (Å²) in [7, 11) is 0. The minimum absolute atomic E-state index is 0.183. The number of imidazole rings is 1. The van der Waals surface area contributed by atoms with Crippen LogP contribution in [0.2, 0.25) is 0 Å². The number of ketones is 1. The normalized spacial score (nSPS) is 12.5. The van der Waals surface area contributed by atoms with Crippen molar-refractivity contribution < 1.29 is 4.79 Å². The van der Waals surface area contributed by atoms with Gasteiger partial charge in [-0.3, -0.25) is 14.3 Å². The van der Waals surface area contributed by atoms with E-state index in [9.17, 15) is 9.59 Å². The van der Waals surface area contributed by atoms with Gasteiger partial charge in [-0.15, -0.1) is 0 Å². The number of carbonyl (C=O) groups is 1. The maximum Gasteiger partial charge on any atom is 0.329 e. The Morgan fingerprint density at radius 2 is 2.00 bits per heavy atom. The predicted octanol–water partition coefficient (Wildman–Crippen LogP) is 1.93. The molecule has 1 atom stereocenters. The van der Waals surface area contributed by atoms with Crippen LogP contribution >= 0.6 is 0 Å². The number of aromatic amines is 1. The maximum atomic E-state index is 12.2. The summed E-state index contributed by atoms with van der Waals surface area (Å²) in [6, 6.07) is 9.43. The number of fused-ring (bicyclic) bond motifs is 1. The average molecular weight is 282 g/mol. The monoisotopic (exact) mass is 282 g/mol. The van der Waals surface area contributed by atoms with Crippen LogP contribution in [0.15, 0.2) is 41.3 Å². The second-order valence-electron chi connectivity index (χ2n) is 4.87. The molecule has 3 aromatic rings. The van der Waals surface area contributed by atoms with Gasteiger partial charge in [0, 0.05) is 6.92 Å². The van der Waals surface area contributed by atoms with Crippen molar-refractivity contribution in [3.63, 3.8) is 0 Å². The minimum atomic E-state index is -0.290. The summed E-state index contributed by atoms with van der Waals surface area (Å²) in [6.07, 6.45) is 1.37. The summed E-state index contributed by atoms with van der Waals surface area (Å²) in [5.41, 5.74) is 1.71. The second-order valence-corrected chi connectivity index (χ2v) is 4.87. The Kier molecular flexibility index (Phi) is 3.13. The molecule has 6 nitrogen and oxygen atoms in total. The van der Waals surface area contributed by atoms with E-state index in [0.717, 1.165) is 5.56 Å². The Hall–Kier alpha value is -2.76. The molecule has 0 amide bonds. The zero-order valence-electron chi connectivity index (χ0n) is 11.7. The number of benzene rings is 1. The van der Waals surface area contributed by atoms with Crippen LogP contribution < -0.4 is 5.69 Å². The molecular formula is C15H14N4O2. The van der Waals surface area contributed by atoms with Crippen LogP contribution in [0.4, 0.5) is 0 Å². The molecule has 0 unspecified atom stereocenters. The Balaban J connectivity index is 2.22. The molecule has 0 aliphatic heterocycles. The Morgan fingerprint density at radius 3 is 2.67 bits per heavy atom. The second kappa shape index (κ2) is 4.97. The van der Waals surface area contributed by atoms with Crippen LogP contribution in [0.1, 0.15) is 35.9 Å². The zero-order valence-corrected chi connectivity index (χ0v) is 11.7. The lowest BCUT2D eigenvalue weighted by atomic mass is 10.1. The maximum absolute atomic E-state index is 12.2. The van der Waals surface area contributed by atoms with Crippen molar-refractivity contribution in [1.29, 1.82) is 0 Å². The third-order valence-corrected chi connectivity index (χ3v) is 3.46. The molecule has 0 saturated carbocycles. The number of nitrogens with zero attached hydrogens (tertiary/aromatic N) is 3. The van der Waals surface area contributed by atoms with E-state index < -0.39 is 0 Å². The number of rotatable bonds is 3. The summed E-state index contributed by atoms with van der Waals surface area (Å²) in [5.74, 6) is -0.183. The molecule has 2 aromatic heterocycles. The number of hydrogen-bond donors (Lipinski definition) is 1. The van der Waals surface area contributed by atoms with E-state index in [4.69, 9.17) is 0 Å². The molecule has 0 saturated heterocycles. The van der Waals surface area contributed by atoms with Crippen molar-refractivity contribution in [2.24, 2.45) is 0 Å². The molecule has 0 spiro atoms. The van der Waals surface area contributed by atoms with Gasteiger partial charge >= 0.3 is 5.69 Å². The zero-order chi connectivity index (χ0) is 15.0. The number of carbonyl (C=O) groups excluding carboxylic acids is 1. The van der Waals surface area contributed by atoms with Gasteiger partial charge in [0.2, 0.25) is 0 Å². The Morgan fingerprint density at radius 1 is 1.29 bits per heavy atom. The quantitative estimate of drug-likeness (QED) is 0.744. The highest BCUT2D eigenvalue weighted by Gasteiger charge is 2.17. The first-order chi connectivity index (χ1) is 10.1. The van der Waals surface area contributed by atoms with E-state index in [2.05, 4.69) is 15.0 Å². The van der Waals surface area contributed by atoms with Crippen LogP contribution in [0, 0.1) is 0 Å². The van der Waals surface area contributed by atoms with E-state index in [0.29, 0.717) is 11.3 Å². The molecule has 0 aliphatic carbocycles. The highest BCUT2D eigenvalue weighted by molar-refractivity contribution is 5.93. The smallest absolute Gasteiger partial charge is 0.293 e. The molecular weight excluding hydrogens is 268 g/mol. The molecule has 0 fully saturated rings. The van der Waals surface area contributed by atoms with Gasteiger partial charge < -0.3 is 0 Å². The van der Waals surface area contributed by atoms with Crippen LogP contribution in [0.25, 0.3) is 11.3 Å². The first-order valence-electron chi connectivity index (χ1n) is 6.61. The van der Waals surface area contributed by atoms with Crippen molar-refractivity contribution in [1.82, 2.24) is 19.5 Å². The number of hydrogen-bond acceptors (Lipinski definition) is 4. The van der Waals surface area contributed by atoms with E-state index in [1.807, 2.05) is 37.3 Å². The predicted molar refractivity (Wildman–Crippen MR) is 78.4 cm³/mol. The molecule has 0 radical (unpaired) electrons. The fraction of sp³-hybridized carbons (Fsp3) is 0.200. The van der Waals surface area contributed by atoms with Crippen molar-refractivity contribution in [2.75, 3.05) is 0 Å². The molecule has 21 heavy (non-hydrogen) atoms. The van der Waals surface area contributed by atoms with Crippen LogP contribution in [-0.4, -0.2) is 25.3 Å². The Bertz CT molecular complexity index is 864. The molecule has 0 aliphatic rings. The van der Waals surface area contributed by atoms with Gasteiger partial charge in [0.25, 0.3) is 0 Å². The Labute approximate surface area is 120 Å². The van der Waals surface area contributed by atoms with Crippen molar-refractivity contribution >= 4 is 17.1 Å². The lowest BCUT2D eigenvalue weighted by molar-refractivity contribution is 0.101. The summed E-state index contributed by atoms with van der Waals surface area (Å²) >= 11 is 0. The van der Waals surface area contributed by atoms with Crippen LogP contribution in [0.5, 0.6) is 0 Å². The lowest BCUT2D eigenvalue weighted by Crippen LogP contribution is -2.21. The molecule has 106 valence electrons. The van der Waals surface area contributed by atoms with Gasteiger partial charge in [0.05, 0.1) is 12.2 Å². The molecule has 1 aromatic carbocycles. The van der Waals surface area contributed by atoms with Gasteiger partial charge in [-0.25, -0.2) is 14.8 Å². The van der Waals surface area contributed by atoms with Gasteiger partial charge in [-0.05, 0) is 12.5 Å². The van der Waals surface area contributed by atoms with Gasteiger partial charge in [0.1, 0.15) is 5.69 Å². The molecule has 2 heterocycles. The number of aromatic nitrogens is 4.